The number of nitrogens with two attached hydrogens (primary N) is 1. The fourth-order valence-electron chi connectivity index (χ4n) is 4.69. The first kappa shape index (κ1) is 27.6. The zero-order chi connectivity index (χ0) is 26.5. The quantitative estimate of drug-likeness (QED) is 0.451. The maximum atomic E-state index is 14.0. The Bertz CT molecular complexity index is 1180. The van der Waals surface area contributed by atoms with Gasteiger partial charge in [-0.25, -0.2) is 8.42 Å². The molecule has 0 aromatic heterocycles. The minimum Gasteiger partial charge on any atom is -0.497 e. The molecule has 10 heteroatoms. The highest BCUT2D eigenvalue weighted by atomic mass is 32.2. The number of ether oxygens (including phenoxy) is 3. The molecule has 0 unspecified atom stereocenters. The number of anilines is 1. The van der Waals surface area contributed by atoms with Crippen LogP contribution in [0.2, 0.25) is 0 Å². The molecule has 2 aromatic carbocycles. The molecule has 1 aliphatic rings. The van der Waals surface area contributed by atoms with E-state index in [-0.39, 0.29) is 46.1 Å². The topological polar surface area (TPSA) is 111 Å². The minimum absolute atomic E-state index is 0.0570. The summed E-state index contributed by atoms with van der Waals surface area (Å²) in [7, 11) is 0.952. The molecule has 1 heterocycles. The van der Waals surface area contributed by atoms with E-state index in [0.717, 1.165) is 31.5 Å². The first-order valence-corrected chi connectivity index (χ1v) is 13.8. The molecule has 1 saturated heterocycles. The first-order valence-electron chi connectivity index (χ1n) is 12.1. The zero-order valence-electron chi connectivity index (χ0n) is 21.7. The molecule has 0 radical (unpaired) electrons. The van der Waals surface area contributed by atoms with E-state index in [4.69, 9.17) is 19.9 Å². The van der Waals surface area contributed by atoms with Gasteiger partial charge in [0.05, 0.1) is 43.2 Å². The minimum atomic E-state index is -3.64. The van der Waals surface area contributed by atoms with Crippen LogP contribution in [0.3, 0.4) is 0 Å². The van der Waals surface area contributed by atoms with E-state index < -0.39 is 9.84 Å². The van der Waals surface area contributed by atoms with Crippen LogP contribution in [-0.4, -0.2) is 76.9 Å². The predicted molar refractivity (Wildman–Crippen MR) is 140 cm³/mol. The van der Waals surface area contributed by atoms with Crippen molar-refractivity contribution in [3.63, 3.8) is 0 Å². The van der Waals surface area contributed by atoms with Crippen LogP contribution in [0.4, 0.5) is 5.69 Å². The van der Waals surface area contributed by atoms with Crippen LogP contribution in [0, 0.1) is 0 Å². The SMILES string of the molecule is CCN1CCC[C@H]1CN(Cc1ccc(OC)cc1OC)C(=O)c1cc(S(=O)(=O)CC)c(N)cc1OC. The Morgan fingerprint density at radius 2 is 1.81 bits per heavy atom. The molecule has 0 spiro atoms. The van der Waals surface area contributed by atoms with E-state index in [0.29, 0.717) is 18.0 Å². The summed E-state index contributed by atoms with van der Waals surface area (Å²) < 4.78 is 41.7. The number of nitrogens with zero attached hydrogens (tertiary/aromatic N) is 2. The van der Waals surface area contributed by atoms with Gasteiger partial charge in [-0.05, 0) is 44.1 Å². The maximum absolute atomic E-state index is 14.0. The zero-order valence-corrected chi connectivity index (χ0v) is 22.6. The Kier molecular flexibility index (Phi) is 9.08. The Morgan fingerprint density at radius 1 is 1.08 bits per heavy atom. The molecule has 9 nitrogen and oxygen atoms in total. The van der Waals surface area contributed by atoms with Crippen LogP contribution in [0.15, 0.2) is 35.2 Å². The van der Waals surface area contributed by atoms with Gasteiger partial charge in [-0.1, -0.05) is 13.8 Å². The summed E-state index contributed by atoms with van der Waals surface area (Å²) in [4.78, 5) is 18.1. The van der Waals surface area contributed by atoms with Crippen LogP contribution in [-0.2, 0) is 16.4 Å². The van der Waals surface area contributed by atoms with Crippen LogP contribution in [0.1, 0.15) is 42.6 Å². The lowest BCUT2D eigenvalue weighted by molar-refractivity contribution is 0.0687. The van der Waals surface area contributed by atoms with E-state index in [1.807, 2.05) is 12.1 Å². The van der Waals surface area contributed by atoms with Gasteiger partial charge < -0.3 is 24.8 Å². The summed E-state index contributed by atoms with van der Waals surface area (Å²) in [6, 6.07) is 8.43. The smallest absolute Gasteiger partial charge is 0.258 e. The monoisotopic (exact) mass is 519 g/mol. The van der Waals surface area contributed by atoms with Crippen molar-refractivity contribution in [1.82, 2.24) is 9.80 Å². The number of benzene rings is 2. The van der Waals surface area contributed by atoms with Gasteiger partial charge in [-0.2, -0.15) is 0 Å². The molecule has 36 heavy (non-hydrogen) atoms. The third-order valence-electron chi connectivity index (χ3n) is 6.76. The average molecular weight is 520 g/mol. The summed E-state index contributed by atoms with van der Waals surface area (Å²) in [6.45, 7) is 6.28. The molecule has 0 saturated carbocycles. The molecular weight excluding hydrogens is 482 g/mol. The lowest BCUT2D eigenvalue weighted by Gasteiger charge is -2.31. The molecule has 0 aliphatic carbocycles. The summed E-state index contributed by atoms with van der Waals surface area (Å²) in [5, 5.41) is 0. The van der Waals surface area contributed by atoms with Crippen molar-refractivity contribution in [3.8, 4) is 17.2 Å². The Morgan fingerprint density at radius 3 is 2.42 bits per heavy atom. The number of sulfone groups is 1. The van der Waals surface area contributed by atoms with Crippen molar-refractivity contribution in [2.75, 3.05) is 52.5 Å². The lowest BCUT2D eigenvalue weighted by Crippen LogP contribution is -2.43. The number of carbonyl (C=O) groups is 1. The molecule has 1 fully saturated rings. The number of likely N-dealkylation sites (N-methyl/N-ethyl adjacent to an activating group) is 1. The molecule has 3 rings (SSSR count). The summed E-state index contributed by atoms with van der Waals surface area (Å²) >= 11 is 0. The van der Waals surface area contributed by atoms with E-state index in [1.165, 1.54) is 19.2 Å². The van der Waals surface area contributed by atoms with Crippen molar-refractivity contribution < 1.29 is 27.4 Å². The number of amides is 1. The second-order valence-corrected chi connectivity index (χ2v) is 11.0. The standard InChI is InChI=1S/C26H37N3O6S/c1-6-28-12-8-9-19(28)17-29(16-18-10-11-20(33-3)13-23(18)34-4)26(30)21-14-25(36(31,32)7-2)22(27)15-24(21)35-5/h10-11,13-15,19H,6-9,12,16-17,27H2,1-5H3/t19-/m0/s1. The van der Waals surface area contributed by atoms with Crippen LogP contribution < -0.4 is 19.9 Å². The van der Waals surface area contributed by atoms with E-state index >= 15 is 0 Å². The van der Waals surface area contributed by atoms with E-state index in [1.54, 1.807) is 32.1 Å². The molecule has 1 amide bonds. The predicted octanol–water partition coefficient (Wildman–Crippen LogP) is 3.21. The maximum Gasteiger partial charge on any atom is 0.258 e. The van der Waals surface area contributed by atoms with E-state index in [2.05, 4.69) is 11.8 Å². The Balaban J connectivity index is 2.07. The molecule has 198 valence electrons. The largest absolute Gasteiger partial charge is 0.497 e. The molecule has 2 aromatic rings. The first-order chi connectivity index (χ1) is 17.2. The fraction of sp³-hybridized carbons (Fsp3) is 0.500. The second kappa shape index (κ2) is 11.8. The number of likely N-dealkylation sites (tertiary alicyclic amines) is 1. The highest BCUT2D eigenvalue weighted by Gasteiger charge is 2.31. The van der Waals surface area contributed by atoms with Gasteiger partial charge in [-0.3, -0.25) is 9.69 Å². The number of hydrogen-bond acceptors (Lipinski definition) is 8. The van der Waals surface area contributed by atoms with E-state index in [9.17, 15) is 13.2 Å². The van der Waals surface area contributed by atoms with Gasteiger partial charge in [0.2, 0.25) is 0 Å². The number of rotatable bonds is 11. The van der Waals surface area contributed by atoms with Crippen molar-refractivity contribution >= 4 is 21.4 Å². The Labute approximate surface area is 214 Å². The summed E-state index contributed by atoms with van der Waals surface area (Å²) in [5.41, 5.74) is 7.07. The van der Waals surface area contributed by atoms with Gasteiger partial charge in [0.25, 0.3) is 5.91 Å². The van der Waals surface area contributed by atoms with Crippen molar-refractivity contribution in [2.24, 2.45) is 0 Å². The van der Waals surface area contributed by atoms with Crippen molar-refractivity contribution in [2.45, 2.75) is 44.2 Å². The number of hydrogen-bond donors (Lipinski definition) is 1. The van der Waals surface area contributed by atoms with Crippen molar-refractivity contribution in [3.05, 3.63) is 41.5 Å². The average Bonchev–Trinajstić information content (AvgIpc) is 3.34. The molecule has 1 aliphatic heterocycles. The van der Waals surface area contributed by atoms with Gasteiger partial charge >= 0.3 is 0 Å². The molecule has 2 N–H and O–H groups in total. The van der Waals surface area contributed by atoms with Gasteiger partial charge in [0.1, 0.15) is 17.2 Å². The molecule has 1 atom stereocenters. The number of methoxy groups -OCH3 is 3. The van der Waals surface area contributed by atoms with Gasteiger partial charge in [-0.15, -0.1) is 0 Å². The van der Waals surface area contributed by atoms with Gasteiger partial charge in [0.15, 0.2) is 9.84 Å². The van der Waals surface area contributed by atoms with Crippen LogP contribution in [0.5, 0.6) is 17.2 Å². The highest BCUT2D eigenvalue weighted by Crippen LogP contribution is 2.32. The van der Waals surface area contributed by atoms with Crippen LogP contribution >= 0.6 is 0 Å². The number of nitrogen functional groups attached to an aromatic ring is 1. The normalized spacial score (nSPS) is 16.1. The second-order valence-electron chi connectivity index (χ2n) is 8.78. The van der Waals surface area contributed by atoms with Crippen LogP contribution in [0.25, 0.3) is 0 Å². The van der Waals surface area contributed by atoms with Crippen molar-refractivity contribution in [1.29, 1.82) is 0 Å². The third kappa shape index (κ3) is 5.87. The lowest BCUT2D eigenvalue weighted by atomic mass is 10.1. The number of carbonyl (C=O) groups excluding carboxylic acids is 1. The molecular formula is C26H37N3O6S. The summed E-state index contributed by atoms with van der Waals surface area (Å²) in [6.07, 6.45) is 2.04. The fourth-order valence-corrected chi connectivity index (χ4v) is 5.71. The molecule has 0 bridgehead atoms. The van der Waals surface area contributed by atoms with Gasteiger partial charge in [0, 0.05) is 36.8 Å². The highest BCUT2D eigenvalue weighted by molar-refractivity contribution is 7.91. The Hall–Kier alpha value is -2.98. The summed E-state index contributed by atoms with van der Waals surface area (Å²) in [5.74, 6) is 1.02. The third-order valence-corrected chi connectivity index (χ3v) is 8.54.